The van der Waals surface area contributed by atoms with Crippen LogP contribution in [0.3, 0.4) is 0 Å². The van der Waals surface area contributed by atoms with Gasteiger partial charge in [-0.05, 0) is 18.2 Å². The van der Waals surface area contributed by atoms with Gasteiger partial charge in [-0.1, -0.05) is 11.6 Å². The lowest BCUT2D eigenvalue weighted by atomic mass is 10.2. The number of anilines is 1. The van der Waals surface area contributed by atoms with Crippen molar-refractivity contribution < 1.29 is 0 Å². The Morgan fingerprint density at radius 2 is 2.15 bits per heavy atom. The van der Waals surface area contributed by atoms with Gasteiger partial charge in [-0.2, -0.15) is 0 Å². The predicted octanol–water partition coefficient (Wildman–Crippen LogP) is 1.57. The first kappa shape index (κ1) is 8.22. The van der Waals surface area contributed by atoms with E-state index in [0.717, 1.165) is 10.9 Å². The summed E-state index contributed by atoms with van der Waals surface area (Å²) in [6.07, 6.45) is 1.44. The van der Waals surface area contributed by atoms with Gasteiger partial charge in [0.15, 0.2) is 5.82 Å². The average Bonchev–Trinajstić information content (AvgIpc) is 2.16. The number of aromatic nitrogens is 2. The van der Waals surface area contributed by atoms with E-state index in [1.165, 1.54) is 6.33 Å². The number of hydrogen-bond acceptors (Lipinski definition) is 4. The van der Waals surface area contributed by atoms with Crippen LogP contribution in [0.15, 0.2) is 24.5 Å². The molecule has 2 aromatic rings. The molecule has 13 heavy (non-hydrogen) atoms. The second-order valence-electron chi connectivity index (χ2n) is 2.53. The van der Waals surface area contributed by atoms with Gasteiger partial charge in [0, 0.05) is 10.4 Å². The molecular formula is C8H7ClN4. The molecule has 0 aliphatic rings. The zero-order valence-corrected chi connectivity index (χ0v) is 7.42. The molecule has 0 bridgehead atoms. The standard InChI is InChI=1S/C8H7ClN4/c9-5-1-2-6-7(3-5)11-4-12-8(6)13-10/h1-4H,10H2,(H,11,12,13). The highest BCUT2D eigenvalue weighted by molar-refractivity contribution is 6.31. The van der Waals surface area contributed by atoms with Gasteiger partial charge >= 0.3 is 0 Å². The van der Waals surface area contributed by atoms with Crippen LogP contribution >= 0.6 is 11.6 Å². The molecule has 0 amide bonds. The van der Waals surface area contributed by atoms with Crippen LogP contribution in [-0.2, 0) is 0 Å². The fourth-order valence-corrected chi connectivity index (χ4v) is 1.31. The van der Waals surface area contributed by atoms with Crippen molar-refractivity contribution in [3.05, 3.63) is 29.5 Å². The molecule has 0 unspecified atom stereocenters. The van der Waals surface area contributed by atoms with Crippen molar-refractivity contribution in [1.29, 1.82) is 0 Å². The zero-order chi connectivity index (χ0) is 9.26. The molecule has 4 nitrogen and oxygen atoms in total. The number of nitrogens with two attached hydrogens (primary N) is 1. The van der Waals surface area contributed by atoms with E-state index in [0.29, 0.717) is 10.8 Å². The molecule has 1 aromatic heterocycles. The molecule has 2 rings (SSSR count). The quantitative estimate of drug-likeness (QED) is 0.534. The van der Waals surface area contributed by atoms with Crippen LogP contribution in [-0.4, -0.2) is 9.97 Å². The summed E-state index contributed by atoms with van der Waals surface area (Å²) in [6, 6.07) is 5.36. The second kappa shape index (κ2) is 3.16. The van der Waals surface area contributed by atoms with E-state index in [-0.39, 0.29) is 0 Å². The van der Waals surface area contributed by atoms with Gasteiger partial charge in [-0.25, -0.2) is 15.8 Å². The smallest absolute Gasteiger partial charge is 0.151 e. The Bertz CT molecular complexity index is 443. The summed E-state index contributed by atoms with van der Waals surface area (Å²) in [5.74, 6) is 5.88. The Morgan fingerprint density at radius 3 is 2.92 bits per heavy atom. The van der Waals surface area contributed by atoms with Gasteiger partial charge in [-0.15, -0.1) is 0 Å². The lowest BCUT2D eigenvalue weighted by Gasteiger charge is -2.02. The van der Waals surface area contributed by atoms with Crippen LogP contribution in [0.4, 0.5) is 5.82 Å². The van der Waals surface area contributed by atoms with Crippen LogP contribution in [0, 0.1) is 0 Å². The minimum absolute atomic E-state index is 0.599. The first-order chi connectivity index (χ1) is 6.31. The molecule has 66 valence electrons. The van der Waals surface area contributed by atoms with E-state index in [1.54, 1.807) is 12.1 Å². The number of nitrogens with one attached hydrogen (secondary N) is 1. The number of hydrogen-bond donors (Lipinski definition) is 2. The van der Waals surface area contributed by atoms with E-state index in [9.17, 15) is 0 Å². The molecule has 0 atom stereocenters. The summed E-state index contributed by atoms with van der Waals surface area (Å²) in [7, 11) is 0. The lowest BCUT2D eigenvalue weighted by molar-refractivity contribution is 1.18. The van der Waals surface area contributed by atoms with Crippen LogP contribution in [0.25, 0.3) is 10.9 Å². The highest BCUT2D eigenvalue weighted by Crippen LogP contribution is 2.21. The molecule has 1 aromatic carbocycles. The predicted molar refractivity (Wildman–Crippen MR) is 52.4 cm³/mol. The lowest BCUT2D eigenvalue weighted by Crippen LogP contribution is -2.09. The Labute approximate surface area is 79.7 Å². The van der Waals surface area contributed by atoms with Crippen LogP contribution in [0.1, 0.15) is 0 Å². The number of rotatable bonds is 1. The molecule has 0 saturated heterocycles. The van der Waals surface area contributed by atoms with Crippen molar-refractivity contribution in [2.45, 2.75) is 0 Å². The third kappa shape index (κ3) is 1.41. The van der Waals surface area contributed by atoms with Crippen molar-refractivity contribution in [1.82, 2.24) is 9.97 Å². The van der Waals surface area contributed by atoms with E-state index < -0.39 is 0 Å². The SMILES string of the molecule is NNc1ncnc2cc(Cl)ccc12. The van der Waals surface area contributed by atoms with Crippen molar-refractivity contribution in [2.75, 3.05) is 5.43 Å². The highest BCUT2D eigenvalue weighted by atomic mass is 35.5. The maximum absolute atomic E-state index is 5.80. The largest absolute Gasteiger partial charge is 0.308 e. The first-order valence-corrected chi connectivity index (χ1v) is 4.06. The van der Waals surface area contributed by atoms with Crippen molar-refractivity contribution in [3.8, 4) is 0 Å². The average molecular weight is 195 g/mol. The monoisotopic (exact) mass is 194 g/mol. The van der Waals surface area contributed by atoms with E-state index >= 15 is 0 Å². The van der Waals surface area contributed by atoms with Crippen LogP contribution < -0.4 is 11.3 Å². The number of nitrogen functional groups attached to an aromatic ring is 1. The number of nitrogens with zero attached hydrogens (tertiary/aromatic N) is 2. The molecule has 0 fully saturated rings. The molecule has 0 radical (unpaired) electrons. The highest BCUT2D eigenvalue weighted by Gasteiger charge is 2.01. The number of fused-ring (bicyclic) bond motifs is 1. The summed E-state index contributed by atoms with van der Waals surface area (Å²) in [4.78, 5) is 8.02. The fourth-order valence-electron chi connectivity index (χ4n) is 1.15. The molecular weight excluding hydrogens is 188 g/mol. The second-order valence-corrected chi connectivity index (χ2v) is 2.96. The van der Waals surface area contributed by atoms with Crippen LogP contribution in [0.2, 0.25) is 5.02 Å². The van der Waals surface area contributed by atoms with Gasteiger partial charge in [-0.3, -0.25) is 0 Å². The Morgan fingerprint density at radius 1 is 1.31 bits per heavy atom. The zero-order valence-electron chi connectivity index (χ0n) is 6.66. The van der Waals surface area contributed by atoms with Gasteiger partial charge < -0.3 is 5.43 Å². The molecule has 0 spiro atoms. The number of hydrazine groups is 1. The number of benzene rings is 1. The summed E-state index contributed by atoms with van der Waals surface area (Å²) >= 11 is 5.80. The van der Waals surface area contributed by atoms with Gasteiger partial charge in [0.2, 0.25) is 0 Å². The van der Waals surface area contributed by atoms with Gasteiger partial charge in [0.25, 0.3) is 0 Å². The Balaban J connectivity index is 2.77. The summed E-state index contributed by atoms with van der Waals surface area (Å²) in [6.45, 7) is 0. The summed E-state index contributed by atoms with van der Waals surface area (Å²) in [5.41, 5.74) is 3.27. The normalized spacial score (nSPS) is 10.3. The minimum Gasteiger partial charge on any atom is -0.308 e. The molecule has 5 heteroatoms. The van der Waals surface area contributed by atoms with Crippen molar-refractivity contribution in [3.63, 3.8) is 0 Å². The van der Waals surface area contributed by atoms with Gasteiger partial charge in [0.05, 0.1) is 5.52 Å². The molecule has 0 aliphatic heterocycles. The third-order valence-electron chi connectivity index (χ3n) is 1.74. The molecule has 0 aliphatic carbocycles. The minimum atomic E-state index is 0.599. The Kier molecular flexibility index (Phi) is 2.00. The van der Waals surface area contributed by atoms with E-state index in [4.69, 9.17) is 17.4 Å². The third-order valence-corrected chi connectivity index (χ3v) is 1.97. The first-order valence-electron chi connectivity index (χ1n) is 3.68. The number of halogens is 1. The van der Waals surface area contributed by atoms with E-state index in [1.807, 2.05) is 6.07 Å². The maximum atomic E-state index is 5.80. The summed E-state index contributed by atoms with van der Waals surface area (Å²) in [5, 5.41) is 1.50. The van der Waals surface area contributed by atoms with Crippen LogP contribution in [0.5, 0.6) is 0 Å². The van der Waals surface area contributed by atoms with E-state index in [2.05, 4.69) is 15.4 Å². The molecule has 1 heterocycles. The topological polar surface area (TPSA) is 63.8 Å². The van der Waals surface area contributed by atoms with Gasteiger partial charge in [0.1, 0.15) is 6.33 Å². The molecule has 3 N–H and O–H groups in total. The molecule has 0 saturated carbocycles. The van der Waals surface area contributed by atoms with Crippen molar-refractivity contribution in [2.24, 2.45) is 5.84 Å². The summed E-state index contributed by atoms with van der Waals surface area (Å²) < 4.78 is 0. The maximum Gasteiger partial charge on any atom is 0.151 e. The van der Waals surface area contributed by atoms with Crippen molar-refractivity contribution >= 4 is 28.3 Å². The fraction of sp³-hybridized carbons (Fsp3) is 0. The Hall–Kier alpha value is -1.39.